The van der Waals surface area contributed by atoms with Gasteiger partial charge in [-0.05, 0) is 119 Å². The summed E-state index contributed by atoms with van der Waals surface area (Å²) in [5.74, 6) is 0. The first-order valence-corrected chi connectivity index (χ1v) is 21.0. The summed E-state index contributed by atoms with van der Waals surface area (Å²) in [6, 6.07) is 90.6. The second-order valence-electron chi connectivity index (χ2n) is 15.7. The van der Waals surface area contributed by atoms with Gasteiger partial charge in [0.1, 0.15) is 0 Å². The van der Waals surface area contributed by atoms with E-state index in [1.165, 1.54) is 88.0 Å². The van der Waals surface area contributed by atoms with Gasteiger partial charge in [0, 0.05) is 16.9 Å². The van der Waals surface area contributed by atoms with Crippen molar-refractivity contribution >= 4 is 49.4 Å². The molecule has 0 amide bonds. The minimum Gasteiger partial charge on any atom is -0.310 e. The third kappa shape index (κ3) is 6.83. The Morgan fingerprint density at radius 1 is 0.213 bits per heavy atom. The molecule has 1 nitrogen and oxygen atoms in total. The maximum Gasteiger partial charge on any atom is 0.0546 e. The van der Waals surface area contributed by atoms with Crippen molar-refractivity contribution in [1.29, 1.82) is 0 Å². The number of nitrogens with zero attached hydrogens (tertiary/aromatic N) is 1. The highest BCUT2D eigenvalue weighted by Crippen LogP contribution is 2.46. The molecule has 11 aromatic rings. The lowest BCUT2D eigenvalue weighted by Gasteiger charge is -2.29. The van der Waals surface area contributed by atoms with E-state index >= 15 is 0 Å². The molecule has 0 N–H and O–H groups in total. The predicted molar refractivity (Wildman–Crippen MR) is 261 cm³/mol. The molecule has 0 aliphatic carbocycles. The van der Waals surface area contributed by atoms with Crippen LogP contribution in [0.15, 0.2) is 249 Å². The molecule has 0 atom stereocenters. The zero-order valence-corrected chi connectivity index (χ0v) is 33.6. The zero-order valence-electron chi connectivity index (χ0n) is 33.6. The number of benzene rings is 11. The van der Waals surface area contributed by atoms with Crippen LogP contribution < -0.4 is 4.90 Å². The van der Waals surface area contributed by atoms with Crippen LogP contribution in [0.25, 0.3) is 88.0 Å². The highest BCUT2D eigenvalue weighted by molar-refractivity contribution is 6.04. The molecule has 0 heterocycles. The summed E-state index contributed by atoms with van der Waals surface area (Å²) in [4.78, 5) is 2.44. The van der Waals surface area contributed by atoms with Gasteiger partial charge in [-0.3, -0.25) is 0 Å². The van der Waals surface area contributed by atoms with E-state index in [0.717, 1.165) is 17.1 Å². The molecule has 0 spiro atoms. The lowest BCUT2D eigenvalue weighted by molar-refractivity contribution is 1.28. The third-order valence-electron chi connectivity index (χ3n) is 12.1. The first-order valence-electron chi connectivity index (χ1n) is 21.0. The van der Waals surface area contributed by atoms with Gasteiger partial charge >= 0.3 is 0 Å². The lowest BCUT2D eigenvalue weighted by atomic mass is 9.92. The SMILES string of the molecule is c1ccc(-c2ccc(N(c3ccc(-c4cccc(-c5cccc6ccccc56)c4)cc3)c3cc(-c4cccc5ccccc45)ccc3-c3cccc4ccccc34)cc2)cc1. The summed E-state index contributed by atoms with van der Waals surface area (Å²) in [5, 5.41) is 7.43. The maximum absolute atomic E-state index is 2.44. The maximum atomic E-state index is 2.44. The Kier molecular flexibility index (Phi) is 9.26. The summed E-state index contributed by atoms with van der Waals surface area (Å²) in [7, 11) is 0. The van der Waals surface area contributed by atoms with Crippen molar-refractivity contribution in [2.24, 2.45) is 0 Å². The minimum atomic E-state index is 1.08. The summed E-state index contributed by atoms with van der Waals surface area (Å²) < 4.78 is 0. The molecule has 0 aliphatic heterocycles. The molecule has 61 heavy (non-hydrogen) atoms. The highest BCUT2D eigenvalue weighted by atomic mass is 15.1. The monoisotopic (exact) mass is 775 g/mol. The second kappa shape index (κ2) is 15.6. The van der Waals surface area contributed by atoms with Crippen LogP contribution in [0.3, 0.4) is 0 Å². The van der Waals surface area contributed by atoms with E-state index in [1.54, 1.807) is 0 Å². The Labute approximate surface area is 357 Å². The standard InChI is InChI=1S/C60H41N/c1-2-14-42(15-3-1)43-30-35-51(36-31-43)61(52-37-32-44(33-38-52)48-22-10-23-49(40-48)56-27-11-19-45-16-4-7-24-53(45)56)60-41-50(57-28-12-20-46-17-5-8-25-54(46)57)34-39-59(60)58-29-13-21-47-18-6-9-26-55(47)58/h1-41H. The van der Waals surface area contributed by atoms with Crippen LogP contribution in [0, 0.1) is 0 Å². The van der Waals surface area contributed by atoms with E-state index < -0.39 is 0 Å². The predicted octanol–water partition coefficient (Wildman–Crippen LogP) is 17.0. The van der Waals surface area contributed by atoms with E-state index in [-0.39, 0.29) is 0 Å². The summed E-state index contributed by atoms with van der Waals surface area (Å²) in [6.45, 7) is 0. The molecule has 11 aromatic carbocycles. The molecule has 11 rings (SSSR count). The van der Waals surface area contributed by atoms with Crippen LogP contribution in [0.5, 0.6) is 0 Å². The first-order chi connectivity index (χ1) is 30.2. The van der Waals surface area contributed by atoms with Crippen LogP contribution in [0.4, 0.5) is 17.1 Å². The van der Waals surface area contributed by atoms with Crippen LogP contribution in [-0.2, 0) is 0 Å². The van der Waals surface area contributed by atoms with Gasteiger partial charge in [0.2, 0.25) is 0 Å². The van der Waals surface area contributed by atoms with E-state index in [1.807, 2.05) is 0 Å². The fraction of sp³-hybridized carbons (Fsp3) is 0. The number of anilines is 3. The van der Waals surface area contributed by atoms with Gasteiger partial charge in [0.05, 0.1) is 5.69 Å². The van der Waals surface area contributed by atoms with Crippen molar-refractivity contribution < 1.29 is 0 Å². The number of rotatable bonds is 8. The molecular formula is C60H41N. The number of fused-ring (bicyclic) bond motifs is 3. The quantitative estimate of drug-likeness (QED) is 0.149. The molecule has 0 aromatic heterocycles. The van der Waals surface area contributed by atoms with E-state index in [9.17, 15) is 0 Å². The fourth-order valence-corrected chi connectivity index (χ4v) is 9.06. The Morgan fingerprint density at radius 3 is 1.16 bits per heavy atom. The smallest absolute Gasteiger partial charge is 0.0546 e. The van der Waals surface area contributed by atoms with Gasteiger partial charge in [-0.2, -0.15) is 0 Å². The summed E-state index contributed by atoms with van der Waals surface area (Å²) in [5.41, 5.74) is 15.2. The Balaban J connectivity index is 1.09. The van der Waals surface area contributed by atoms with Crippen molar-refractivity contribution in [2.75, 3.05) is 4.90 Å². The molecular weight excluding hydrogens is 735 g/mol. The Hall–Kier alpha value is -8.00. The summed E-state index contributed by atoms with van der Waals surface area (Å²) >= 11 is 0. The topological polar surface area (TPSA) is 3.24 Å². The van der Waals surface area contributed by atoms with Gasteiger partial charge in [0.25, 0.3) is 0 Å². The molecule has 0 radical (unpaired) electrons. The molecule has 0 aliphatic rings. The lowest BCUT2D eigenvalue weighted by Crippen LogP contribution is -2.11. The number of hydrogen-bond acceptors (Lipinski definition) is 1. The molecule has 0 saturated carbocycles. The molecule has 0 fully saturated rings. The van der Waals surface area contributed by atoms with Crippen molar-refractivity contribution in [3.63, 3.8) is 0 Å². The largest absolute Gasteiger partial charge is 0.310 e. The van der Waals surface area contributed by atoms with E-state index in [2.05, 4.69) is 254 Å². The van der Waals surface area contributed by atoms with Crippen LogP contribution in [0.1, 0.15) is 0 Å². The average molecular weight is 776 g/mol. The van der Waals surface area contributed by atoms with Gasteiger partial charge in [-0.25, -0.2) is 0 Å². The van der Waals surface area contributed by atoms with E-state index in [0.29, 0.717) is 0 Å². The van der Waals surface area contributed by atoms with Crippen LogP contribution in [-0.4, -0.2) is 0 Å². The average Bonchev–Trinajstić information content (AvgIpc) is 3.34. The number of hydrogen-bond donors (Lipinski definition) is 0. The second-order valence-corrected chi connectivity index (χ2v) is 15.7. The molecule has 0 bridgehead atoms. The van der Waals surface area contributed by atoms with Gasteiger partial charge in [-0.15, -0.1) is 0 Å². The van der Waals surface area contributed by atoms with Crippen molar-refractivity contribution in [3.8, 4) is 55.6 Å². The van der Waals surface area contributed by atoms with Crippen molar-refractivity contribution in [2.45, 2.75) is 0 Å². The normalized spacial score (nSPS) is 11.3. The van der Waals surface area contributed by atoms with Crippen LogP contribution in [0.2, 0.25) is 0 Å². The van der Waals surface area contributed by atoms with E-state index in [4.69, 9.17) is 0 Å². The summed E-state index contributed by atoms with van der Waals surface area (Å²) in [6.07, 6.45) is 0. The van der Waals surface area contributed by atoms with Crippen molar-refractivity contribution in [1.82, 2.24) is 0 Å². The fourth-order valence-electron chi connectivity index (χ4n) is 9.06. The van der Waals surface area contributed by atoms with Gasteiger partial charge < -0.3 is 4.90 Å². The third-order valence-corrected chi connectivity index (χ3v) is 12.1. The Morgan fingerprint density at radius 2 is 0.590 bits per heavy atom. The van der Waals surface area contributed by atoms with Crippen LogP contribution >= 0.6 is 0 Å². The highest BCUT2D eigenvalue weighted by Gasteiger charge is 2.21. The molecule has 0 unspecified atom stereocenters. The van der Waals surface area contributed by atoms with Crippen molar-refractivity contribution in [3.05, 3.63) is 249 Å². The van der Waals surface area contributed by atoms with Gasteiger partial charge in [0.15, 0.2) is 0 Å². The molecule has 1 heteroatoms. The molecule has 286 valence electrons. The Bertz CT molecular complexity index is 3330. The van der Waals surface area contributed by atoms with Gasteiger partial charge in [-0.1, -0.05) is 212 Å². The molecule has 0 saturated heterocycles. The minimum absolute atomic E-state index is 1.08. The first kappa shape index (κ1) is 36.1. The zero-order chi connectivity index (χ0) is 40.5.